The molecule has 0 unspecified atom stereocenters. The van der Waals surface area contributed by atoms with Crippen molar-refractivity contribution in [2.75, 3.05) is 11.5 Å². The smallest absolute Gasteiger partial charge is 0.140 e. The summed E-state index contributed by atoms with van der Waals surface area (Å²) in [6, 6.07) is 5.27. The van der Waals surface area contributed by atoms with Gasteiger partial charge in [-0.2, -0.15) is 0 Å². The Morgan fingerprint density at radius 1 is 1.00 bits per heavy atom. The normalized spacial score (nSPS) is 12.0. The van der Waals surface area contributed by atoms with Crippen LogP contribution < -0.4 is 11.5 Å². The van der Waals surface area contributed by atoms with Gasteiger partial charge in [0.05, 0.1) is 0 Å². The highest BCUT2D eigenvalue weighted by Gasteiger charge is 2.18. The third kappa shape index (κ3) is 1.13. The van der Waals surface area contributed by atoms with E-state index in [4.69, 9.17) is 11.5 Å². The molecule has 0 amide bonds. The third-order valence-electron chi connectivity index (χ3n) is 2.36. The Bertz CT molecular complexity index is 604. The van der Waals surface area contributed by atoms with Crippen molar-refractivity contribution in [3.05, 3.63) is 24.4 Å². The first-order chi connectivity index (χ1) is 7.75. The number of pyridine rings is 2. The van der Waals surface area contributed by atoms with E-state index in [1.807, 2.05) is 0 Å². The predicted molar refractivity (Wildman–Crippen MR) is 60.5 cm³/mol. The zero-order chi connectivity index (χ0) is 11.1. The lowest BCUT2D eigenvalue weighted by Gasteiger charge is -2.12. The van der Waals surface area contributed by atoms with Crippen molar-refractivity contribution in [3.63, 3.8) is 0 Å². The van der Waals surface area contributed by atoms with E-state index in [0.29, 0.717) is 17.3 Å². The fourth-order valence-corrected chi connectivity index (χ4v) is 1.57. The molecule has 6 heteroatoms. The molecule has 0 radical (unpaired) electrons. The van der Waals surface area contributed by atoms with Gasteiger partial charge < -0.3 is 11.5 Å². The number of azo groups is 1. The highest BCUT2D eigenvalue weighted by atomic mass is 15.2. The Morgan fingerprint density at radius 2 is 1.88 bits per heavy atom. The molecule has 3 rings (SSSR count). The minimum Gasteiger partial charge on any atom is -0.384 e. The maximum absolute atomic E-state index is 5.79. The topological polar surface area (TPSA) is 103 Å². The lowest BCUT2D eigenvalue weighted by Crippen LogP contribution is -1.99. The van der Waals surface area contributed by atoms with Crippen molar-refractivity contribution >= 4 is 23.0 Å². The molecule has 6 nitrogen and oxygen atoms in total. The van der Waals surface area contributed by atoms with E-state index in [1.54, 1.807) is 24.4 Å². The quantitative estimate of drug-likeness (QED) is 0.644. The lowest BCUT2D eigenvalue weighted by atomic mass is 10.1. The van der Waals surface area contributed by atoms with Gasteiger partial charge in [0.2, 0.25) is 0 Å². The summed E-state index contributed by atoms with van der Waals surface area (Å²) in [4.78, 5) is 8.22. The number of nitrogens with zero attached hydrogens (tertiary/aromatic N) is 4. The molecule has 0 spiro atoms. The van der Waals surface area contributed by atoms with Crippen LogP contribution in [0.15, 0.2) is 34.6 Å². The summed E-state index contributed by atoms with van der Waals surface area (Å²) >= 11 is 0. The monoisotopic (exact) mass is 212 g/mol. The minimum atomic E-state index is 0.350. The van der Waals surface area contributed by atoms with E-state index < -0.39 is 0 Å². The summed E-state index contributed by atoms with van der Waals surface area (Å²) in [6.07, 6.45) is 1.67. The van der Waals surface area contributed by atoms with Crippen molar-refractivity contribution in [1.29, 1.82) is 0 Å². The van der Waals surface area contributed by atoms with E-state index in [-0.39, 0.29) is 0 Å². The van der Waals surface area contributed by atoms with Crippen LogP contribution in [0.25, 0.3) is 11.3 Å². The molecule has 1 aliphatic heterocycles. The number of rotatable bonds is 1. The predicted octanol–water partition coefficient (Wildman–Crippen LogP) is 2.04. The van der Waals surface area contributed by atoms with Crippen LogP contribution in [0.2, 0.25) is 0 Å². The molecule has 1 aliphatic rings. The van der Waals surface area contributed by atoms with Crippen molar-refractivity contribution in [2.45, 2.75) is 0 Å². The average molecular weight is 212 g/mol. The van der Waals surface area contributed by atoms with Crippen LogP contribution in [0.1, 0.15) is 0 Å². The number of anilines is 2. The van der Waals surface area contributed by atoms with Crippen molar-refractivity contribution in [1.82, 2.24) is 9.97 Å². The van der Waals surface area contributed by atoms with Crippen molar-refractivity contribution in [3.8, 4) is 11.3 Å². The van der Waals surface area contributed by atoms with Crippen LogP contribution in [-0.4, -0.2) is 9.97 Å². The molecule has 4 N–H and O–H groups in total. The standard InChI is InChI=1S/C10H8N6/c11-7-2-1-5(10(12)14-7)8-9-6(15-16-9)3-4-13-8/h1-4H,(H4,11,12,14). The van der Waals surface area contributed by atoms with Crippen LogP contribution in [0.3, 0.4) is 0 Å². The molecule has 0 bridgehead atoms. The van der Waals surface area contributed by atoms with E-state index in [0.717, 1.165) is 16.9 Å². The molecular weight excluding hydrogens is 204 g/mol. The summed E-state index contributed by atoms with van der Waals surface area (Å²) in [5, 5.41) is 7.79. The Morgan fingerprint density at radius 3 is 2.56 bits per heavy atom. The summed E-state index contributed by atoms with van der Waals surface area (Å²) in [6.45, 7) is 0. The zero-order valence-electron chi connectivity index (χ0n) is 8.25. The van der Waals surface area contributed by atoms with Crippen molar-refractivity contribution < 1.29 is 0 Å². The number of hydrogen-bond acceptors (Lipinski definition) is 6. The van der Waals surface area contributed by atoms with Gasteiger partial charge in [-0.25, -0.2) is 4.98 Å². The number of nitrogens with two attached hydrogens (primary N) is 2. The van der Waals surface area contributed by atoms with Gasteiger partial charge in [0.25, 0.3) is 0 Å². The van der Waals surface area contributed by atoms with Gasteiger partial charge in [-0.15, -0.1) is 10.2 Å². The Hall–Kier alpha value is -2.50. The van der Waals surface area contributed by atoms with Gasteiger partial charge in [0.1, 0.15) is 28.7 Å². The summed E-state index contributed by atoms with van der Waals surface area (Å²) in [7, 11) is 0. The summed E-state index contributed by atoms with van der Waals surface area (Å²) in [5.41, 5.74) is 14.3. The maximum atomic E-state index is 5.79. The lowest BCUT2D eigenvalue weighted by molar-refractivity contribution is 1.11. The molecule has 3 heterocycles. The molecular formula is C10H8N6. The largest absolute Gasteiger partial charge is 0.384 e. The van der Waals surface area contributed by atoms with Crippen LogP contribution in [0.5, 0.6) is 0 Å². The van der Waals surface area contributed by atoms with E-state index in [9.17, 15) is 0 Å². The number of fused-ring (bicyclic) bond motifs is 1. The highest BCUT2D eigenvalue weighted by Crippen LogP contribution is 2.44. The molecule has 0 saturated heterocycles. The molecule has 0 aromatic carbocycles. The van der Waals surface area contributed by atoms with Gasteiger partial charge in [0, 0.05) is 11.8 Å². The molecule has 78 valence electrons. The minimum absolute atomic E-state index is 0.350. The second kappa shape index (κ2) is 2.99. The Labute approximate surface area is 91.0 Å². The van der Waals surface area contributed by atoms with Crippen LogP contribution in [-0.2, 0) is 0 Å². The van der Waals surface area contributed by atoms with Gasteiger partial charge >= 0.3 is 0 Å². The molecule has 16 heavy (non-hydrogen) atoms. The van der Waals surface area contributed by atoms with Gasteiger partial charge in [-0.3, -0.25) is 4.98 Å². The van der Waals surface area contributed by atoms with Crippen LogP contribution in [0, 0.1) is 0 Å². The third-order valence-corrected chi connectivity index (χ3v) is 2.36. The van der Waals surface area contributed by atoms with Gasteiger partial charge in [0.15, 0.2) is 0 Å². The second-order valence-electron chi connectivity index (χ2n) is 3.40. The number of hydrogen-bond donors (Lipinski definition) is 2. The maximum Gasteiger partial charge on any atom is 0.140 e. The molecule has 2 aromatic rings. The highest BCUT2D eigenvalue weighted by molar-refractivity contribution is 5.86. The van der Waals surface area contributed by atoms with Crippen LogP contribution >= 0.6 is 0 Å². The van der Waals surface area contributed by atoms with Gasteiger partial charge in [-0.1, -0.05) is 0 Å². The average Bonchev–Trinajstić information content (AvgIpc) is 2.20. The SMILES string of the molecule is Nc1ccc(-c2nccc3c2N=N3)c(N)n1. The fourth-order valence-electron chi connectivity index (χ4n) is 1.57. The van der Waals surface area contributed by atoms with Crippen LogP contribution in [0.4, 0.5) is 23.0 Å². The van der Waals surface area contributed by atoms with Gasteiger partial charge in [-0.05, 0) is 18.2 Å². The van der Waals surface area contributed by atoms with E-state index in [1.165, 1.54) is 0 Å². The molecule has 0 saturated carbocycles. The first-order valence-electron chi connectivity index (χ1n) is 4.69. The fraction of sp³-hybridized carbons (Fsp3) is 0. The first kappa shape index (κ1) is 8.78. The summed E-state index contributed by atoms with van der Waals surface area (Å²) < 4.78 is 0. The first-order valence-corrected chi connectivity index (χ1v) is 4.69. The molecule has 2 aromatic heterocycles. The van der Waals surface area contributed by atoms with Crippen molar-refractivity contribution in [2.24, 2.45) is 10.2 Å². The number of nitrogen functional groups attached to an aromatic ring is 2. The van der Waals surface area contributed by atoms with E-state index >= 15 is 0 Å². The second-order valence-corrected chi connectivity index (χ2v) is 3.40. The molecule has 0 atom stereocenters. The number of aromatic nitrogens is 2. The summed E-state index contributed by atoms with van der Waals surface area (Å²) in [5.74, 6) is 0.737. The van der Waals surface area contributed by atoms with E-state index in [2.05, 4.69) is 20.2 Å². The Balaban J connectivity index is 2.21. The molecule has 0 fully saturated rings. The zero-order valence-corrected chi connectivity index (χ0v) is 8.25. The Kier molecular flexibility index (Phi) is 1.64. The molecule has 0 aliphatic carbocycles.